The van der Waals surface area contributed by atoms with Crippen molar-refractivity contribution in [3.05, 3.63) is 12.2 Å². The molecule has 0 radical (unpaired) electrons. The molecule has 0 aliphatic heterocycles. The molecule has 0 saturated heterocycles. The topological polar surface area (TPSA) is 63.6 Å². The zero-order chi connectivity index (χ0) is 12.2. The van der Waals surface area contributed by atoms with Gasteiger partial charge in [0.15, 0.2) is 0 Å². The highest BCUT2D eigenvalue weighted by Crippen LogP contribution is 2.38. The summed E-state index contributed by atoms with van der Waals surface area (Å²) in [5.74, 6) is -0.282. The lowest BCUT2D eigenvalue weighted by atomic mass is 9.81. The van der Waals surface area contributed by atoms with Gasteiger partial charge in [0.1, 0.15) is 5.78 Å². The zero-order valence-electron chi connectivity index (χ0n) is 9.73. The standard InChI is InChI=1S/C12H18O4/c1-12(9(13)6-7-10(12)14)8-4-3-5-11(15)16-2/h3,5,9,13H,4,6-8H2,1-2H3/b5-3+/t9-,12-/m0/s1. The van der Waals surface area contributed by atoms with E-state index in [1.807, 2.05) is 0 Å². The number of rotatable bonds is 4. The van der Waals surface area contributed by atoms with Crippen molar-refractivity contribution in [2.24, 2.45) is 5.41 Å². The minimum atomic E-state index is -0.638. The lowest BCUT2D eigenvalue weighted by molar-refractivity contribution is -0.134. The number of carbonyl (C=O) groups is 2. The second-order valence-corrected chi connectivity index (χ2v) is 4.36. The second kappa shape index (κ2) is 5.25. The quantitative estimate of drug-likeness (QED) is 0.578. The summed E-state index contributed by atoms with van der Waals surface area (Å²) in [5, 5.41) is 9.74. The molecule has 1 aliphatic rings. The van der Waals surface area contributed by atoms with Crippen molar-refractivity contribution >= 4 is 11.8 Å². The molecule has 4 heteroatoms. The SMILES string of the molecule is COC(=O)/C=C/CC[C@]1(C)C(=O)CC[C@@H]1O. The van der Waals surface area contributed by atoms with E-state index in [0.29, 0.717) is 25.7 Å². The molecule has 90 valence electrons. The Morgan fingerprint density at radius 1 is 1.69 bits per heavy atom. The molecule has 0 aromatic carbocycles. The molecule has 0 amide bonds. The maximum absolute atomic E-state index is 11.6. The molecule has 16 heavy (non-hydrogen) atoms. The minimum Gasteiger partial charge on any atom is -0.466 e. The lowest BCUT2D eigenvalue weighted by Crippen LogP contribution is -2.32. The number of hydrogen-bond donors (Lipinski definition) is 1. The highest BCUT2D eigenvalue weighted by atomic mass is 16.5. The summed E-state index contributed by atoms with van der Waals surface area (Å²) in [4.78, 5) is 22.4. The van der Waals surface area contributed by atoms with Gasteiger partial charge in [-0.3, -0.25) is 4.79 Å². The summed E-state index contributed by atoms with van der Waals surface area (Å²) in [6, 6.07) is 0. The van der Waals surface area contributed by atoms with Gasteiger partial charge < -0.3 is 9.84 Å². The van der Waals surface area contributed by atoms with Crippen LogP contribution in [0.4, 0.5) is 0 Å². The van der Waals surface area contributed by atoms with E-state index >= 15 is 0 Å². The molecule has 1 fully saturated rings. The molecule has 4 nitrogen and oxygen atoms in total. The first kappa shape index (κ1) is 12.9. The number of ketones is 1. The van der Waals surface area contributed by atoms with Crippen molar-refractivity contribution in [3.8, 4) is 0 Å². The fourth-order valence-electron chi connectivity index (χ4n) is 1.99. The van der Waals surface area contributed by atoms with Gasteiger partial charge in [-0.15, -0.1) is 0 Å². The van der Waals surface area contributed by atoms with Gasteiger partial charge in [-0.1, -0.05) is 13.0 Å². The van der Waals surface area contributed by atoms with Crippen LogP contribution in [0.25, 0.3) is 0 Å². The van der Waals surface area contributed by atoms with Crippen LogP contribution in [0.3, 0.4) is 0 Å². The van der Waals surface area contributed by atoms with E-state index in [9.17, 15) is 14.7 Å². The van der Waals surface area contributed by atoms with Crippen molar-refractivity contribution in [3.63, 3.8) is 0 Å². The van der Waals surface area contributed by atoms with Crippen molar-refractivity contribution in [2.75, 3.05) is 7.11 Å². The number of aliphatic hydroxyl groups is 1. The third-order valence-electron chi connectivity index (χ3n) is 3.30. The average molecular weight is 226 g/mol. The fourth-order valence-corrected chi connectivity index (χ4v) is 1.99. The van der Waals surface area contributed by atoms with Gasteiger partial charge in [0.25, 0.3) is 0 Å². The lowest BCUT2D eigenvalue weighted by Gasteiger charge is -2.25. The van der Waals surface area contributed by atoms with Crippen molar-refractivity contribution in [2.45, 2.75) is 38.7 Å². The van der Waals surface area contributed by atoms with Crippen molar-refractivity contribution in [1.29, 1.82) is 0 Å². The maximum Gasteiger partial charge on any atom is 0.330 e. The predicted molar refractivity (Wildman–Crippen MR) is 58.7 cm³/mol. The first-order valence-corrected chi connectivity index (χ1v) is 5.46. The first-order valence-electron chi connectivity index (χ1n) is 5.46. The van der Waals surface area contributed by atoms with Gasteiger partial charge in [0, 0.05) is 12.5 Å². The molecule has 0 aromatic rings. The Morgan fingerprint density at radius 3 is 2.88 bits per heavy atom. The molecular weight excluding hydrogens is 208 g/mol. The van der Waals surface area contributed by atoms with Crippen LogP contribution < -0.4 is 0 Å². The maximum atomic E-state index is 11.6. The monoisotopic (exact) mass is 226 g/mol. The number of Topliss-reactive ketones (excluding diaryl/α,β-unsaturated/α-hetero) is 1. The number of methoxy groups -OCH3 is 1. The molecule has 1 N–H and O–H groups in total. The van der Waals surface area contributed by atoms with Gasteiger partial charge >= 0.3 is 5.97 Å². The van der Waals surface area contributed by atoms with Crippen molar-refractivity contribution in [1.82, 2.24) is 0 Å². The van der Waals surface area contributed by atoms with E-state index in [0.717, 1.165) is 0 Å². The van der Waals surface area contributed by atoms with E-state index in [1.54, 1.807) is 13.0 Å². The molecule has 1 rings (SSSR count). The number of allylic oxidation sites excluding steroid dienone is 1. The van der Waals surface area contributed by atoms with Gasteiger partial charge in [0.2, 0.25) is 0 Å². The molecule has 0 aromatic heterocycles. The largest absolute Gasteiger partial charge is 0.466 e. The summed E-state index contributed by atoms with van der Waals surface area (Å²) >= 11 is 0. The van der Waals surface area contributed by atoms with E-state index in [-0.39, 0.29) is 5.78 Å². The van der Waals surface area contributed by atoms with Crippen LogP contribution >= 0.6 is 0 Å². The molecule has 1 saturated carbocycles. The van der Waals surface area contributed by atoms with Crippen LogP contribution in [0.1, 0.15) is 32.6 Å². The van der Waals surface area contributed by atoms with Gasteiger partial charge in [-0.25, -0.2) is 4.79 Å². The molecule has 0 unspecified atom stereocenters. The number of esters is 1. The molecule has 0 heterocycles. The number of aliphatic hydroxyl groups excluding tert-OH is 1. The normalized spacial score (nSPS) is 29.9. The van der Waals surface area contributed by atoms with Crippen LogP contribution in [0.15, 0.2) is 12.2 Å². The molecule has 2 atom stereocenters. The van der Waals surface area contributed by atoms with Crippen LogP contribution in [0.5, 0.6) is 0 Å². The third-order valence-corrected chi connectivity index (χ3v) is 3.30. The van der Waals surface area contributed by atoms with Crippen molar-refractivity contribution < 1.29 is 19.4 Å². The fraction of sp³-hybridized carbons (Fsp3) is 0.667. The summed E-state index contributed by atoms with van der Waals surface area (Å²) in [5.41, 5.74) is -0.638. The highest BCUT2D eigenvalue weighted by Gasteiger charge is 2.44. The predicted octanol–water partition coefficient (Wildman–Crippen LogP) is 1.23. The summed E-state index contributed by atoms with van der Waals surface area (Å²) in [7, 11) is 1.32. The van der Waals surface area contributed by atoms with Gasteiger partial charge in [-0.05, 0) is 19.3 Å². The summed E-state index contributed by atoms with van der Waals surface area (Å²) in [6.07, 6.45) is 4.64. The van der Waals surface area contributed by atoms with E-state index < -0.39 is 17.5 Å². The molecule has 1 aliphatic carbocycles. The van der Waals surface area contributed by atoms with E-state index in [2.05, 4.69) is 4.74 Å². The summed E-state index contributed by atoms with van der Waals surface area (Å²) < 4.78 is 4.45. The van der Waals surface area contributed by atoms with E-state index in [1.165, 1.54) is 13.2 Å². The Bertz CT molecular complexity index is 308. The Kier molecular flexibility index (Phi) is 4.24. The molecule has 0 spiro atoms. The smallest absolute Gasteiger partial charge is 0.330 e. The van der Waals surface area contributed by atoms with Crippen LogP contribution in [-0.2, 0) is 14.3 Å². The average Bonchev–Trinajstić information content (AvgIpc) is 2.52. The van der Waals surface area contributed by atoms with Crippen LogP contribution in [-0.4, -0.2) is 30.1 Å². The Morgan fingerprint density at radius 2 is 2.38 bits per heavy atom. The van der Waals surface area contributed by atoms with Gasteiger partial charge in [-0.2, -0.15) is 0 Å². The highest BCUT2D eigenvalue weighted by molar-refractivity contribution is 5.87. The third kappa shape index (κ3) is 2.70. The Hall–Kier alpha value is -1.16. The molecule has 0 bridgehead atoms. The van der Waals surface area contributed by atoms with Crippen LogP contribution in [0.2, 0.25) is 0 Å². The number of ether oxygens (including phenoxy) is 1. The first-order chi connectivity index (χ1) is 7.50. The second-order valence-electron chi connectivity index (χ2n) is 4.36. The number of hydrogen-bond acceptors (Lipinski definition) is 4. The van der Waals surface area contributed by atoms with Gasteiger partial charge in [0.05, 0.1) is 18.6 Å². The Balaban J connectivity index is 2.45. The zero-order valence-corrected chi connectivity index (χ0v) is 9.73. The van der Waals surface area contributed by atoms with Crippen LogP contribution in [0, 0.1) is 5.41 Å². The minimum absolute atomic E-state index is 0.117. The molecular formula is C12H18O4. The summed E-state index contributed by atoms with van der Waals surface area (Å²) in [6.45, 7) is 1.79. The van der Waals surface area contributed by atoms with E-state index in [4.69, 9.17) is 0 Å². The number of carbonyl (C=O) groups excluding carboxylic acids is 2. The Labute approximate surface area is 95.3 Å².